The molecular formula is C16H11BrN2O3S. The Morgan fingerprint density at radius 3 is 2.61 bits per heavy atom. The molecule has 4 amide bonds. The summed E-state index contributed by atoms with van der Waals surface area (Å²) < 4.78 is 0.866. The average Bonchev–Trinajstić information content (AvgIpc) is 2.91. The Balaban J connectivity index is 2.04. The van der Waals surface area contributed by atoms with Crippen molar-refractivity contribution in [3.05, 3.63) is 56.2 Å². The van der Waals surface area contributed by atoms with Gasteiger partial charge in [0.25, 0.3) is 11.8 Å². The Labute approximate surface area is 144 Å². The van der Waals surface area contributed by atoms with E-state index in [4.69, 9.17) is 0 Å². The maximum absolute atomic E-state index is 12.7. The molecule has 7 heteroatoms. The van der Waals surface area contributed by atoms with E-state index in [-0.39, 0.29) is 5.57 Å². The zero-order valence-corrected chi connectivity index (χ0v) is 14.4. The highest BCUT2D eigenvalue weighted by molar-refractivity contribution is 9.10. The van der Waals surface area contributed by atoms with Gasteiger partial charge < -0.3 is 0 Å². The van der Waals surface area contributed by atoms with Crippen LogP contribution in [0.5, 0.6) is 0 Å². The zero-order chi connectivity index (χ0) is 16.6. The molecule has 1 aliphatic heterocycles. The van der Waals surface area contributed by atoms with Crippen LogP contribution in [0.15, 0.2) is 45.8 Å². The summed E-state index contributed by atoms with van der Waals surface area (Å²) in [4.78, 5) is 38.6. The van der Waals surface area contributed by atoms with E-state index in [1.54, 1.807) is 31.2 Å². The molecule has 1 N–H and O–H groups in total. The van der Waals surface area contributed by atoms with Gasteiger partial charge in [0.05, 0.1) is 5.69 Å². The number of nitrogens with zero attached hydrogens (tertiary/aromatic N) is 1. The maximum Gasteiger partial charge on any atom is 0.335 e. The second-order valence-corrected chi connectivity index (χ2v) is 6.77. The van der Waals surface area contributed by atoms with Gasteiger partial charge in [-0.05, 0) is 46.6 Å². The predicted octanol–water partition coefficient (Wildman–Crippen LogP) is 3.49. The third kappa shape index (κ3) is 2.97. The molecular weight excluding hydrogens is 380 g/mol. The van der Waals surface area contributed by atoms with Crippen LogP contribution >= 0.6 is 27.3 Å². The van der Waals surface area contributed by atoms with Gasteiger partial charge >= 0.3 is 6.03 Å². The number of imide groups is 2. The number of para-hydroxylation sites is 1. The first kappa shape index (κ1) is 15.6. The lowest BCUT2D eigenvalue weighted by Gasteiger charge is -2.27. The van der Waals surface area contributed by atoms with Crippen molar-refractivity contribution in [2.45, 2.75) is 6.92 Å². The van der Waals surface area contributed by atoms with Crippen LogP contribution in [0.2, 0.25) is 0 Å². The Kier molecular flexibility index (Phi) is 4.14. The number of nitrogens with one attached hydrogen (secondary N) is 1. The molecule has 23 heavy (non-hydrogen) atoms. The van der Waals surface area contributed by atoms with E-state index in [2.05, 4.69) is 21.2 Å². The van der Waals surface area contributed by atoms with E-state index in [0.29, 0.717) is 5.69 Å². The fourth-order valence-electron chi connectivity index (χ4n) is 2.24. The molecule has 0 atom stereocenters. The summed E-state index contributed by atoms with van der Waals surface area (Å²) in [7, 11) is 0. The van der Waals surface area contributed by atoms with Crippen molar-refractivity contribution in [2.24, 2.45) is 0 Å². The number of hydrogen-bond acceptors (Lipinski definition) is 4. The van der Waals surface area contributed by atoms with E-state index < -0.39 is 17.8 Å². The van der Waals surface area contributed by atoms with E-state index in [1.807, 2.05) is 11.4 Å². The fraction of sp³-hybridized carbons (Fsp3) is 0.0625. The third-order valence-corrected chi connectivity index (χ3v) is 4.97. The number of carbonyl (C=O) groups is 3. The van der Waals surface area contributed by atoms with Crippen LogP contribution in [-0.2, 0) is 9.59 Å². The summed E-state index contributed by atoms with van der Waals surface area (Å²) in [5, 5.41) is 4.06. The quantitative estimate of drug-likeness (QED) is 0.630. The van der Waals surface area contributed by atoms with Crippen molar-refractivity contribution in [1.82, 2.24) is 5.32 Å². The van der Waals surface area contributed by atoms with E-state index in [1.165, 1.54) is 17.4 Å². The van der Waals surface area contributed by atoms with Gasteiger partial charge in [-0.3, -0.25) is 14.9 Å². The Morgan fingerprint density at radius 2 is 1.96 bits per heavy atom. The molecule has 0 radical (unpaired) electrons. The van der Waals surface area contributed by atoms with Gasteiger partial charge in [-0.25, -0.2) is 9.69 Å². The molecule has 116 valence electrons. The van der Waals surface area contributed by atoms with Gasteiger partial charge in [0.15, 0.2) is 0 Å². The second kappa shape index (κ2) is 6.10. The summed E-state index contributed by atoms with van der Waals surface area (Å²) in [6.45, 7) is 1.80. The minimum absolute atomic E-state index is 0.0674. The molecule has 0 spiro atoms. The normalized spacial score (nSPS) is 16.9. The predicted molar refractivity (Wildman–Crippen MR) is 92.2 cm³/mol. The highest BCUT2D eigenvalue weighted by Gasteiger charge is 2.37. The van der Waals surface area contributed by atoms with E-state index >= 15 is 0 Å². The first-order chi connectivity index (χ1) is 11.0. The molecule has 1 aromatic heterocycles. The molecule has 1 aliphatic rings. The Morgan fingerprint density at radius 1 is 1.22 bits per heavy atom. The molecule has 2 heterocycles. The van der Waals surface area contributed by atoms with Gasteiger partial charge in [-0.1, -0.05) is 18.2 Å². The standard InChI is InChI=1S/C16H11BrN2O3S/c1-9-4-2-3-5-13(9)19-15(21)12(14(20)18-16(19)22)7-11-6-10(17)8-23-11/h2-8H,1H3,(H,18,20,22)/b12-7-. The van der Waals surface area contributed by atoms with Crippen LogP contribution in [-0.4, -0.2) is 17.8 Å². The van der Waals surface area contributed by atoms with Crippen molar-refractivity contribution in [3.8, 4) is 0 Å². The molecule has 2 aromatic rings. The number of anilines is 1. The molecule has 3 rings (SSSR count). The minimum Gasteiger partial charge on any atom is -0.273 e. The number of halogens is 1. The second-order valence-electron chi connectivity index (χ2n) is 4.91. The number of aryl methyl sites for hydroxylation is 1. The largest absolute Gasteiger partial charge is 0.335 e. The molecule has 0 bridgehead atoms. The molecule has 1 saturated heterocycles. The topological polar surface area (TPSA) is 66.5 Å². The summed E-state index contributed by atoms with van der Waals surface area (Å²) in [6, 6.07) is 8.08. The highest BCUT2D eigenvalue weighted by Crippen LogP contribution is 2.27. The number of rotatable bonds is 2. The van der Waals surface area contributed by atoms with E-state index in [0.717, 1.165) is 19.8 Å². The lowest BCUT2D eigenvalue weighted by molar-refractivity contribution is -0.122. The van der Waals surface area contributed by atoms with E-state index in [9.17, 15) is 14.4 Å². The number of thiophene rings is 1. The summed E-state index contributed by atoms with van der Waals surface area (Å²) in [5.41, 5.74) is 1.16. The number of benzene rings is 1. The smallest absolute Gasteiger partial charge is 0.273 e. The van der Waals surface area contributed by atoms with Gasteiger partial charge in [0.2, 0.25) is 0 Å². The number of amides is 4. The van der Waals surface area contributed by atoms with Crippen molar-refractivity contribution in [1.29, 1.82) is 0 Å². The Hall–Kier alpha value is -2.25. The summed E-state index contributed by atoms with van der Waals surface area (Å²) >= 11 is 4.72. The number of urea groups is 1. The van der Waals surface area contributed by atoms with Gasteiger partial charge in [-0.2, -0.15) is 0 Å². The molecule has 5 nitrogen and oxygen atoms in total. The molecule has 0 unspecified atom stereocenters. The van der Waals surface area contributed by atoms with Crippen LogP contribution in [0.3, 0.4) is 0 Å². The average molecular weight is 391 g/mol. The number of barbiturate groups is 1. The van der Waals surface area contributed by atoms with Crippen molar-refractivity contribution < 1.29 is 14.4 Å². The molecule has 1 aromatic carbocycles. The van der Waals surface area contributed by atoms with Crippen molar-refractivity contribution >= 4 is 56.9 Å². The van der Waals surface area contributed by atoms with Gasteiger partial charge in [0.1, 0.15) is 5.57 Å². The van der Waals surface area contributed by atoms with Crippen LogP contribution in [0.1, 0.15) is 10.4 Å². The maximum atomic E-state index is 12.7. The van der Waals surface area contributed by atoms with Gasteiger partial charge in [-0.15, -0.1) is 11.3 Å². The van der Waals surface area contributed by atoms with Crippen LogP contribution < -0.4 is 10.2 Å². The summed E-state index contributed by atoms with van der Waals surface area (Å²) in [5.74, 6) is -1.31. The lowest BCUT2D eigenvalue weighted by atomic mass is 10.1. The minimum atomic E-state index is -0.737. The number of carbonyl (C=O) groups excluding carboxylic acids is 3. The van der Waals surface area contributed by atoms with Crippen molar-refractivity contribution in [3.63, 3.8) is 0 Å². The highest BCUT2D eigenvalue weighted by atomic mass is 79.9. The lowest BCUT2D eigenvalue weighted by Crippen LogP contribution is -2.54. The Bertz CT molecular complexity index is 857. The fourth-order valence-corrected chi connectivity index (χ4v) is 3.61. The third-order valence-electron chi connectivity index (χ3n) is 3.33. The molecule has 0 saturated carbocycles. The van der Waals surface area contributed by atoms with Crippen LogP contribution in [0, 0.1) is 6.92 Å². The van der Waals surface area contributed by atoms with Crippen molar-refractivity contribution in [2.75, 3.05) is 4.90 Å². The number of hydrogen-bond donors (Lipinski definition) is 1. The molecule has 0 aliphatic carbocycles. The SMILES string of the molecule is Cc1ccccc1N1C(=O)NC(=O)/C(=C/c2cc(Br)cs2)C1=O. The zero-order valence-electron chi connectivity index (χ0n) is 12.0. The first-order valence-electron chi connectivity index (χ1n) is 6.68. The monoisotopic (exact) mass is 390 g/mol. The van der Waals surface area contributed by atoms with Crippen LogP contribution in [0.25, 0.3) is 6.08 Å². The molecule has 1 fully saturated rings. The summed E-state index contributed by atoms with van der Waals surface area (Å²) in [6.07, 6.45) is 1.49. The van der Waals surface area contributed by atoms with Gasteiger partial charge in [0, 0.05) is 14.7 Å². The first-order valence-corrected chi connectivity index (χ1v) is 8.36. The van der Waals surface area contributed by atoms with Crippen LogP contribution in [0.4, 0.5) is 10.5 Å².